The lowest BCUT2D eigenvalue weighted by atomic mass is 10.2. The third-order valence-corrected chi connectivity index (χ3v) is 3.44. The molecule has 1 aromatic rings. The number of benzene rings is 1. The second-order valence-corrected chi connectivity index (χ2v) is 6.13. The molecular weight excluding hydrogens is 310 g/mol. The Morgan fingerprint density at radius 1 is 1.40 bits per heavy atom. The molecule has 0 aromatic heterocycles. The van der Waals surface area contributed by atoms with E-state index in [1.807, 2.05) is 0 Å². The van der Waals surface area contributed by atoms with Crippen molar-refractivity contribution in [3.63, 3.8) is 0 Å². The van der Waals surface area contributed by atoms with Gasteiger partial charge in [-0.3, -0.25) is 8.76 Å². The van der Waals surface area contributed by atoms with Crippen molar-refractivity contribution in [2.75, 3.05) is 17.1 Å². The van der Waals surface area contributed by atoms with E-state index in [1.54, 1.807) is 6.07 Å². The first-order valence-electron chi connectivity index (χ1n) is 5.20. The van der Waals surface area contributed by atoms with E-state index in [9.17, 15) is 22.0 Å². The summed E-state index contributed by atoms with van der Waals surface area (Å²) in [5, 5.41) is 8.77. The third-order valence-electron chi connectivity index (χ3n) is 2.06. The molecule has 0 bridgehead atoms. The first-order valence-corrected chi connectivity index (χ1v) is 7.84. The van der Waals surface area contributed by atoms with Crippen molar-refractivity contribution < 1.29 is 31.6 Å². The van der Waals surface area contributed by atoms with Crippen LogP contribution in [0.25, 0.3) is 0 Å². The number of anilines is 1. The van der Waals surface area contributed by atoms with Gasteiger partial charge < -0.3 is 14.0 Å². The molecule has 1 rings (SSSR count). The molecule has 20 heavy (non-hydrogen) atoms. The summed E-state index contributed by atoms with van der Waals surface area (Å²) < 4.78 is 49.0. The Bertz CT molecular complexity index is 585. The Balaban J connectivity index is 0.000000511. The van der Waals surface area contributed by atoms with E-state index < -0.39 is 27.4 Å². The number of aromatic carboxylic acids is 1. The fraction of sp³-hybridized carbons (Fsp3) is 0.300. The SMILES string of the molecule is CCS(=O)(=O)O.CN(c1ccccc1C(=O)O)S(=O)[O-]. The van der Waals surface area contributed by atoms with Crippen molar-refractivity contribution in [2.24, 2.45) is 0 Å². The molecule has 0 fully saturated rings. The van der Waals surface area contributed by atoms with Gasteiger partial charge in [-0.2, -0.15) is 8.42 Å². The average Bonchev–Trinajstić information content (AvgIpc) is 2.37. The van der Waals surface area contributed by atoms with Crippen LogP contribution in [0.2, 0.25) is 0 Å². The molecule has 1 aromatic carbocycles. The van der Waals surface area contributed by atoms with Crippen LogP contribution in [-0.2, 0) is 21.4 Å². The minimum atomic E-state index is -3.66. The van der Waals surface area contributed by atoms with Gasteiger partial charge in [0.05, 0.1) is 17.0 Å². The summed E-state index contributed by atoms with van der Waals surface area (Å²) in [5.41, 5.74) is 0.104. The molecule has 2 N–H and O–H groups in total. The second kappa shape index (κ2) is 7.94. The highest BCUT2D eigenvalue weighted by atomic mass is 32.2. The van der Waals surface area contributed by atoms with Crippen molar-refractivity contribution in [3.05, 3.63) is 29.8 Å². The number of hydrogen-bond donors (Lipinski definition) is 2. The minimum Gasteiger partial charge on any atom is -0.755 e. The molecule has 10 heteroatoms. The van der Waals surface area contributed by atoms with Gasteiger partial charge in [0, 0.05) is 18.3 Å². The highest BCUT2D eigenvalue weighted by Crippen LogP contribution is 2.19. The van der Waals surface area contributed by atoms with E-state index in [0.717, 1.165) is 4.31 Å². The Kier molecular flexibility index (Phi) is 7.35. The van der Waals surface area contributed by atoms with E-state index >= 15 is 0 Å². The van der Waals surface area contributed by atoms with Gasteiger partial charge in [-0.25, -0.2) is 4.79 Å². The summed E-state index contributed by atoms with van der Waals surface area (Å²) >= 11 is -2.47. The summed E-state index contributed by atoms with van der Waals surface area (Å²) in [5.74, 6) is -1.36. The molecule has 0 heterocycles. The smallest absolute Gasteiger partial charge is 0.337 e. The van der Waals surface area contributed by atoms with Crippen LogP contribution in [0, 0.1) is 0 Å². The van der Waals surface area contributed by atoms with Crippen LogP contribution in [0.1, 0.15) is 17.3 Å². The molecule has 0 radical (unpaired) electrons. The van der Waals surface area contributed by atoms with Gasteiger partial charge in [-0.1, -0.05) is 12.1 Å². The zero-order valence-electron chi connectivity index (χ0n) is 10.7. The predicted octanol–water partition coefficient (Wildman–Crippen LogP) is 0.509. The van der Waals surface area contributed by atoms with E-state index in [4.69, 9.17) is 9.66 Å². The quantitative estimate of drug-likeness (QED) is 0.608. The van der Waals surface area contributed by atoms with Crippen LogP contribution in [-0.4, -0.2) is 45.6 Å². The summed E-state index contributed by atoms with van der Waals surface area (Å²) in [4.78, 5) is 10.7. The number of nitrogens with zero attached hydrogens (tertiary/aromatic N) is 1. The van der Waals surface area contributed by atoms with Crippen molar-refractivity contribution in [2.45, 2.75) is 6.92 Å². The Morgan fingerprint density at radius 3 is 2.20 bits per heavy atom. The molecular formula is C10H14NO7S2-. The van der Waals surface area contributed by atoms with Crippen molar-refractivity contribution in [1.82, 2.24) is 0 Å². The maximum atomic E-state index is 10.7. The highest BCUT2D eigenvalue weighted by molar-refractivity contribution is 7.85. The largest absolute Gasteiger partial charge is 0.755 e. The lowest BCUT2D eigenvalue weighted by Crippen LogP contribution is -2.21. The van der Waals surface area contributed by atoms with Gasteiger partial charge in [0.2, 0.25) is 0 Å². The summed E-state index contributed by atoms with van der Waals surface area (Å²) in [7, 11) is -2.38. The zero-order valence-corrected chi connectivity index (χ0v) is 12.3. The number of carboxylic acids is 1. The van der Waals surface area contributed by atoms with Crippen LogP contribution in [0.3, 0.4) is 0 Å². The first-order chi connectivity index (χ1) is 9.10. The lowest BCUT2D eigenvalue weighted by molar-refractivity contribution is 0.0697. The van der Waals surface area contributed by atoms with Gasteiger partial charge in [-0.15, -0.1) is 0 Å². The number of carboxylic acid groups (broad SMARTS) is 1. The summed E-state index contributed by atoms with van der Waals surface area (Å²) in [6.07, 6.45) is 0. The molecule has 1 atom stereocenters. The molecule has 1 unspecified atom stereocenters. The van der Waals surface area contributed by atoms with Crippen molar-refractivity contribution >= 4 is 33.0 Å². The van der Waals surface area contributed by atoms with Gasteiger partial charge in [0.15, 0.2) is 0 Å². The van der Waals surface area contributed by atoms with Crippen LogP contribution in [0.5, 0.6) is 0 Å². The Morgan fingerprint density at radius 2 is 1.85 bits per heavy atom. The van der Waals surface area contributed by atoms with Gasteiger partial charge in [0.1, 0.15) is 0 Å². The van der Waals surface area contributed by atoms with Crippen LogP contribution in [0.4, 0.5) is 5.69 Å². The van der Waals surface area contributed by atoms with E-state index in [1.165, 1.54) is 32.2 Å². The van der Waals surface area contributed by atoms with E-state index in [-0.39, 0.29) is 17.0 Å². The van der Waals surface area contributed by atoms with Gasteiger partial charge in [0.25, 0.3) is 10.1 Å². The summed E-state index contributed by atoms with van der Waals surface area (Å²) in [6, 6.07) is 5.89. The fourth-order valence-corrected chi connectivity index (χ4v) is 1.33. The maximum absolute atomic E-state index is 10.7. The van der Waals surface area contributed by atoms with Gasteiger partial charge >= 0.3 is 5.97 Å². The molecule has 0 saturated carbocycles. The van der Waals surface area contributed by atoms with Crippen LogP contribution >= 0.6 is 0 Å². The number of rotatable bonds is 4. The maximum Gasteiger partial charge on any atom is 0.337 e. The fourth-order valence-electron chi connectivity index (χ4n) is 1.01. The highest BCUT2D eigenvalue weighted by Gasteiger charge is 2.12. The number of para-hydroxylation sites is 1. The molecule has 0 aliphatic carbocycles. The topological polar surface area (TPSA) is 135 Å². The van der Waals surface area contributed by atoms with Crippen LogP contribution < -0.4 is 4.31 Å². The first kappa shape index (κ1) is 18.5. The van der Waals surface area contributed by atoms with Crippen molar-refractivity contribution in [3.8, 4) is 0 Å². The van der Waals surface area contributed by atoms with E-state index in [0.29, 0.717) is 0 Å². The number of hydrogen-bond acceptors (Lipinski definition) is 5. The molecule has 0 amide bonds. The summed E-state index contributed by atoms with van der Waals surface area (Å²) in [6.45, 7) is 1.37. The van der Waals surface area contributed by atoms with Crippen molar-refractivity contribution in [1.29, 1.82) is 0 Å². The zero-order chi connectivity index (χ0) is 15.9. The van der Waals surface area contributed by atoms with E-state index in [2.05, 4.69) is 0 Å². The standard InChI is InChI=1S/C8H9NO4S.C2H6O3S/c1-9(14(12)13)7-5-3-2-4-6(7)8(10)11;1-2-6(3,4)5/h2-5H,1H3,(H,10,11)(H,12,13);2H2,1H3,(H,3,4,5)/p-1. The average molecular weight is 324 g/mol. The second-order valence-electron chi connectivity index (χ2n) is 3.41. The Hall–Kier alpha value is -1.49. The minimum absolute atomic E-state index is 0.0424. The number of carbonyl (C=O) groups is 1. The molecule has 114 valence electrons. The lowest BCUT2D eigenvalue weighted by Gasteiger charge is -2.22. The Labute approximate surface area is 119 Å². The molecule has 0 aliphatic heterocycles. The predicted molar refractivity (Wildman–Crippen MR) is 72.8 cm³/mol. The third kappa shape index (κ3) is 6.61. The molecule has 0 spiro atoms. The van der Waals surface area contributed by atoms with Crippen LogP contribution in [0.15, 0.2) is 24.3 Å². The molecule has 0 aliphatic rings. The molecule has 8 nitrogen and oxygen atoms in total. The van der Waals surface area contributed by atoms with Gasteiger partial charge in [-0.05, 0) is 19.1 Å². The normalized spacial score (nSPS) is 12.0. The monoisotopic (exact) mass is 324 g/mol. The molecule has 0 saturated heterocycles.